The molecule has 30 heavy (non-hydrogen) atoms. The van der Waals surface area contributed by atoms with Crippen LogP contribution in [0.3, 0.4) is 0 Å². The first-order valence-electron chi connectivity index (χ1n) is 9.77. The number of hydrogen-bond donors (Lipinski definition) is 2. The van der Waals surface area contributed by atoms with Gasteiger partial charge < -0.3 is 10.6 Å². The third-order valence-electron chi connectivity index (χ3n) is 4.70. The Labute approximate surface area is 182 Å². The Hall–Kier alpha value is -3.11. The molecular weight excluding hydrogens is 396 g/mol. The fourth-order valence-electron chi connectivity index (χ4n) is 2.99. The van der Waals surface area contributed by atoms with Crippen LogP contribution in [-0.4, -0.2) is 11.8 Å². The highest BCUT2D eigenvalue weighted by Crippen LogP contribution is 2.23. The summed E-state index contributed by atoms with van der Waals surface area (Å²) in [7, 11) is 0. The highest BCUT2D eigenvalue weighted by atomic mass is 35.5. The van der Waals surface area contributed by atoms with Gasteiger partial charge in [-0.25, -0.2) is 0 Å². The lowest BCUT2D eigenvalue weighted by Crippen LogP contribution is -2.16. The maximum atomic E-state index is 12.6. The molecule has 2 amide bonds. The first-order chi connectivity index (χ1) is 14.2. The molecule has 0 bridgehead atoms. The summed E-state index contributed by atoms with van der Waals surface area (Å²) in [4.78, 5) is 24.9. The first kappa shape index (κ1) is 21.6. The van der Waals surface area contributed by atoms with Crippen LogP contribution in [0.15, 0.2) is 72.8 Å². The summed E-state index contributed by atoms with van der Waals surface area (Å²) in [6.45, 7) is 6.40. The highest BCUT2D eigenvalue weighted by molar-refractivity contribution is 6.30. The molecule has 0 aliphatic carbocycles. The summed E-state index contributed by atoms with van der Waals surface area (Å²) in [5, 5.41) is 6.38. The van der Waals surface area contributed by atoms with Crippen molar-refractivity contribution in [3.05, 3.63) is 94.5 Å². The van der Waals surface area contributed by atoms with E-state index in [-0.39, 0.29) is 23.7 Å². The third kappa shape index (κ3) is 5.94. The van der Waals surface area contributed by atoms with Crippen LogP contribution in [0.1, 0.15) is 42.3 Å². The minimum absolute atomic E-state index is 0.0353. The molecule has 0 radical (unpaired) electrons. The second-order valence-electron chi connectivity index (χ2n) is 8.21. The van der Waals surface area contributed by atoms with Crippen LogP contribution in [0.25, 0.3) is 0 Å². The number of amides is 2. The van der Waals surface area contributed by atoms with Gasteiger partial charge in [-0.3, -0.25) is 9.59 Å². The molecule has 0 atom stereocenters. The lowest BCUT2D eigenvalue weighted by atomic mass is 9.87. The Bertz CT molecular complexity index is 1040. The van der Waals surface area contributed by atoms with E-state index in [9.17, 15) is 9.59 Å². The minimum Gasteiger partial charge on any atom is -0.326 e. The number of halogens is 1. The van der Waals surface area contributed by atoms with Gasteiger partial charge in [-0.2, -0.15) is 0 Å². The monoisotopic (exact) mass is 420 g/mol. The van der Waals surface area contributed by atoms with Crippen molar-refractivity contribution in [3.8, 4) is 0 Å². The number of carbonyl (C=O) groups excluding carboxylic acids is 2. The van der Waals surface area contributed by atoms with E-state index >= 15 is 0 Å². The normalized spacial score (nSPS) is 11.1. The molecule has 0 unspecified atom stereocenters. The summed E-state index contributed by atoms with van der Waals surface area (Å²) in [6, 6.07) is 21.9. The summed E-state index contributed by atoms with van der Waals surface area (Å²) in [5.74, 6) is -0.335. The zero-order chi connectivity index (χ0) is 21.7. The van der Waals surface area contributed by atoms with Crippen LogP contribution in [0, 0.1) is 0 Å². The summed E-state index contributed by atoms with van der Waals surface area (Å²) >= 11 is 5.87. The SMILES string of the molecule is CC(C)(C)c1ccc(C(=O)Nc2cccc(NC(=O)Cc3ccc(Cl)cc3)c2)cc1. The van der Waals surface area contributed by atoms with Crippen LogP contribution in [0.5, 0.6) is 0 Å². The molecule has 3 aromatic rings. The first-order valence-corrected chi connectivity index (χ1v) is 10.1. The van der Waals surface area contributed by atoms with Crippen molar-refractivity contribution in [1.82, 2.24) is 0 Å². The number of benzene rings is 3. The Balaban J connectivity index is 1.62. The molecule has 3 rings (SSSR count). The van der Waals surface area contributed by atoms with Gasteiger partial charge in [0.25, 0.3) is 5.91 Å². The molecule has 2 N–H and O–H groups in total. The van der Waals surface area contributed by atoms with Crippen molar-refractivity contribution in [2.45, 2.75) is 32.6 Å². The Morgan fingerprint density at radius 2 is 1.43 bits per heavy atom. The lowest BCUT2D eigenvalue weighted by molar-refractivity contribution is -0.115. The smallest absolute Gasteiger partial charge is 0.255 e. The molecule has 0 spiro atoms. The highest BCUT2D eigenvalue weighted by Gasteiger charge is 2.14. The van der Waals surface area contributed by atoms with Gasteiger partial charge in [-0.15, -0.1) is 0 Å². The molecule has 0 fully saturated rings. The largest absolute Gasteiger partial charge is 0.326 e. The number of rotatable bonds is 5. The van der Waals surface area contributed by atoms with Crippen molar-refractivity contribution >= 4 is 34.8 Å². The van der Waals surface area contributed by atoms with Crippen LogP contribution < -0.4 is 10.6 Å². The summed E-state index contributed by atoms with van der Waals surface area (Å²) < 4.78 is 0. The Morgan fingerprint density at radius 1 is 0.833 bits per heavy atom. The molecular formula is C25H25ClN2O2. The van der Waals surface area contributed by atoms with Gasteiger partial charge in [0.05, 0.1) is 6.42 Å². The predicted octanol–water partition coefficient (Wildman–Crippen LogP) is 6.07. The van der Waals surface area contributed by atoms with Gasteiger partial charge in [0.2, 0.25) is 5.91 Å². The zero-order valence-electron chi connectivity index (χ0n) is 17.3. The molecule has 0 aromatic heterocycles. The molecule has 3 aromatic carbocycles. The Kier molecular flexibility index (Phi) is 6.58. The van der Waals surface area contributed by atoms with Crippen LogP contribution in [0.4, 0.5) is 11.4 Å². The van der Waals surface area contributed by atoms with E-state index in [0.29, 0.717) is 22.0 Å². The van der Waals surface area contributed by atoms with E-state index < -0.39 is 0 Å². The van der Waals surface area contributed by atoms with E-state index in [4.69, 9.17) is 11.6 Å². The van der Waals surface area contributed by atoms with Crippen LogP contribution in [0.2, 0.25) is 5.02 Å². The van der Waals surface area contributed by atoms with Gasteiger partial charge in [-0.05, 0) is 59.0 Å². The second kappa shape index (κ2) is 9.14. The van der Waals surface area contributed by atoms with Gasteiger partial charge in [0, 0.05) is 22.0 Å². The molecule has 4 nitrogen and oxygen atoms in total. The fraction of sp³-hybridized carbons (Fsp3) is 0.200. The summed E-state index contributed by atoms with van der Waals surface area (Å²) in [5.41, 5.74) is 3.90. The molecule has 0 saturated carbocycles. The topological polar surface area (TPSA) is 58.2 Å². The van der Waals surface area contributed by atoms with Gasteiger partial charge in [0.15, 0.2) is 0 Å². The second-order valence-corrected chi connectivity index (χ2v) is 8.65. The van der Waals surface area contributed by atoms with E-state index in [1.807, 2.05) is 36.4 Å². The maximum Gasteiger partial charge on any atom is 0.255 e. The molecule has 5 heteroatoms. The van der Waals surface area contributed by atoms with Crippen molar-refractivity contribution in [2.24, 2.45) is 0 Å². The maximum absolute atomic E-state index is 12.6. The van der Waals surface area contributed by atoms with E-state index in [1.54, 1.807) is 36.4 Å². The molecule has 154 valence electrons. The Morgan fingerprint density at radius 3 is 2.03 bits per heavy atom. The molecule has 0 saturated heterocycles. The number of nitrogens with one attached hydrogen (secondary N) is 2. The molecule has 0 aliphatic heterocycles. The van der Waals surface area contributed by atoms with Crippen molar-refractivity contribution in [2.75, 3.05) is 10.6 Å². The minimum atomic E-state index is -0.194. The average molecular weight is 421 g/mol. The number of carbonyl (C=O) groups is 2. The summed E-state index contributed by atoms with van der Waals surface area (Å²) in [6.07, 6.45) is 0.244. The van der Waals surface area contributed by atoms with Crippen LogP contribution in [-0.2, 0) is 16.6 Å². The van der Waals surface area contributed by atoms with Crippen molar-refractivity contribution in [3.63, 3.8) is 0 Å². The average Bonchev–Trinajstić information content (AvgIpc) is 2.69. The fourth-order valence-corrected chi connectivity index (χ4v) is 3.12. The van der Waals surface area contributed by atoms with E-state index in [1.165, 1.54) is 5.56 Å². The predicted molar refractivity (Wildman–Crippen MR) is 123 cm³/mol. The number of hydrogen-bond acceptors (Lipinski definition) is 2. The van der Waals surface area contributed by atoms with Crippen molar-refractivity contribution in [1.29, 1.82) is 0 Å². The molecule has 0 heterocycles. The van der Waals surface area contributed by atoms with E-state index in [0.717, 1.165) is 5.56 Å². The van der Waals surface area contributed by atoms with Gasteiger partial charge in [0.1, 0.15) is 0 Å². The zero-order valence-corrected chi connectivity index (χ0v) is 18.1. The van der Waals surface area contributed by atoms with Crippen LogP contribution >= 0.6 is 11.6 Å². The lowest BCUT2D eigenvalue weighted by Gasteiger charge is -2.19. The third-order valence-corrected chi connectivity index (χ3v) is 4.95. The quantitative estimate of drug-likeness (QED) is 0.526. The van der Waals surface area contributed by atoms with Crippen molar-refractivity contribution < 1.29 is 9.59 Å². The standard InChI is InChI=1S/C25H25ClN2O2/c1-25(2,3)19-11-9-18(10-12-19)24(30)28-22-6-4-5-21(16-22)27-23(29)15-17-7-13-20(26)14-8-17/h4-14,16H,15H2,1-3H3,(H,27,29)(H,28,30). The van der Waals surface area contributed by atoms with Gasteiger partial charge in [-0.1, -0.05) is 62.7 Å². The molecule has 0 aliphatic rings. The van der Waals surface area contributed by atoms with E-state index in [2.05, 4.69) is 31.4 Å². The number of anilines is 2. The van der Waals surface area contributed by atoms with Gasteiger partial charge >= 0.3 is 0 Å².